The molecule has 1 saturated heterocycles. The lowest BCUT2D eigenvalue weighted by atomic mass is 9.73. The minimum atomic E-state index is -0.911. The smallest absolute Gasteiger partial charge is 0.311 e. The Morgan fingerprint density at radius 1 is 1.17 bits per heavy atom. The fourth-order valence-corrected chi connectivity index (χ4v) is 3.43. The molecule has 2 rings (SSSR count). The summed E-state index contributed by atoms with van der Waals surface area (Å²) in [6.45, 7) is 0.0561. The third-order valence-electron chi connectivity index (χ3n) is 3.78. The van der Waals surface area contributed by atoms with Gasteiger partial charge in [0.05, 0.1) is 16.9 Å². The van der Waals surface area contributed by atoms with Gasteiger partial charge in [0.1, 0.15) is 0 Å². The Labute approximate surface area is 110 Å². The fourth-order valence-electron chi connectivity index (χ4n) is 2.67. The molecule has 0 aromatic carbocycles. The topological polar surface area (TPSA) is 74.7 Å². The largest absolute Gasteiger partial charge is 0.481 e. The number of imide groups is 1. The second kappa shape index (κ2) is 5.30. The second-order valence-electron chi connectivity index (χ2n) is 5.01. The lowest BCUT2D eigenvalue weighted by Crippen LogP contribution is -2.51. The Bertz CT molecular complexity index is 360. The summed E-state index contributed by atoms with van der Waals surface area (Å²) < 4.78 is 0. The van der Waals surface area contributed by atoms with E-state index in [9.17, 15) is 19.5 Å². The molecule has 2 fully saturated rings. The van der Waals surface area contributed by atoms with Gasteiger partial charge in [-0.05, 0) is 12.8 Å². The third-order valence-corrected chi connectivity index (χ3v) is 4.68. The zero-order valence-electron chi connectivity index (χ0n) is 10.2. The molecule has 0 spiro atoms. The zero-order valence-corrected chi connectivity index (χ0v) is 11.0. The highest BCUT2D eigenvalue weighted by molar-refractivity contribution is 8.00. The number of carbonyl (C=O) groups is 3. The molecular weight excluding hydrogens is 254 g/mol. The van der Waals surface area contributed by atoms with E-state index in [-0.39, 0.29) is 29.9 Å². The van der Waals surface area contributed by atoms with Crippen LogP contribution in [-0.4, -0.2) is 45.8 Å². The quantitative estimate of drug-likeness (QED) is 0.779. The van der Waals surface area contributed by atoms with Gasteiger partial charge in [-0.2, -0.15) is 0 Å². The van der Waals surface area contributed by atoms with Crippen LogP contribution in [0.5, 0.6) is 0 Å². The van der Waals surface area contributed by atoms with Crippen molar-refractivity contribution in [1.29, 1.82) is 0 Å². The zero-order chi connectivity index (χ0) is 13.2. The van der Waals surface area contributed by atoms with Crippen molar-refractivity contribution in [3.63, 3.8) is 0 Å². The van der Waals surface area contributed by atoms with Gasteiger partial charge >= 0.3 is 5.97 Å². The van der Waals surface area contributed by atoms with Crippen LogP contribution < -0.4 is 0 Å². The fraction of sp³-hybridized carbons (Fsp3) is 0.750. The number of hydrogen-bond donors (Lipinski definition) is 1. The van der Waals surface area contributed by atoms with Crippen molar-refractivity contribution in [1.82, 2.24) is 4.90 Å². The van der Waals surface area contributed by atoms with E-state index in [0.29, 0.717) is 12.8 Å². The number of carbonyl (C=O) groups excluding carboxylic acids is 2. The summed E-state index contributed by atoms with van der Waals surface area (Å²) >= 11 is 1.30. The summed E-state index contributed by atoms with van der Waals surface area (Å²) in [4.78, 5) is 36.1. The molecule has 1 heterocycles. The molecule has 0 atom stereocenters. The maximum atomic E-state index is 11.7. The molecular formula is C12H17NO4S. The number of nitrogens with zero attached hydrogens (tertiary/aromatic N) is 1. The Hall–Kier alpha value is -1.04. The second-order valence-corrected chi connectivity index (χ2v) is 6.00. The first kappa shape index (κ1) is 13.4. The Balaban J connectivity index is 2.15. The molecule has 2 aliphatic rings. The van der Waals surface area contributed by atoms with Gasteiger partial charge in [-0.1, -0.05) is 19.3 Å². The van der Waals surface area contributed by atoms with Crippen molar-refractivity contribution >= 4 is 29.5 Å². The Morgan fingerprint density at radius 2 is 1.72 bits per heavy atom. The maximum Gasteiger partial charge on any atom is 0.311 e. The van der Waals surface area contributed by atoms with Crippen molar-refractivity contribution in [2.45, 2.75) is 32.1 Å². The van der Waals surface area contributed by atoms with Gasteiger partial charge in [0.15, 0.2) is 0 Å². The van der Waals surface area contributed by atoms with E-state index in [1.54, 1.807) is 0 Å². The van der Waals surface area contributed by atoms with E-state index in [1.165, 1.54) is 11.8 Å². The van der Waals surface area contributed by atoms with Crippen LogP contribution in [0.1, 0.15) is 32.1 Å². The van der Waals surface area contributed by atoms with E-state index in [4.69, 9.17) is 0 Å². The first-order valence-electron chi connectivity index (χ1n) is 6.19. The summed E-state index contributed by atoms with van der Waals surface area (Å²) in [5, 5.41) is 9.44. The molecule has 1 aliphatic heterocycles. The molecule has 100 valence electrons. The highest BCUT2D eigenvalue weighted by Gasteiger charge is 2.44. The molecule has 0 aromatic rings. The van der Waals surface area contributed by atoms with Crippen molar-refractivity contribution in [3.05, 3.63) is 0 Å². The average Bonchev–Trinajstić information content (AvgIpc) is 2.35. The molecule has 0 aromatic heterocycles. The number of hydrogen-bond acceptors (Lipinski definition) is 4. The summed E-state index contributed by atoms with van der Waals surface area (Å²) in [6.07, 6.45) is 3.88. The predicted octanol–water partition coefficient (Wildman–Crippen LogP) is 1.12. The van der Waals surface area contributed by atoms with E-state index in [2.05, 4.69) is 0 Å². The molecule has 0 radical (unpaired) electrons. The summed E-state index contributed by atoms with van der Waals surface area (Å²) in [5.74, 6) is -0.811. The Morgan fingerprint density at radius 3 is 2.22 bits per heavy atom. The van der Waals surface area contributed by atoms with E-state index >= 15 is 0 Å². The molecule has 18 heavy (non-hydrogen) atoms. The van der Waals surface area contributed by atoms with Crippen LogP contribution in [0.25, 0.3) is 0 Å². The van der Waals surface area contributed by atoms with Gasteiger partial charge in [-0.3, -0.25) is 19.3 Å². The van der Waals surface area contributed by atoms with Crippen LogP contribution in [0.2, 0.25) is 0 Å². The number of thioether (sulfide) groups is 1. The monoisotopic (exact) mass is 271 g/mol. The van der Waals surface area contributed by atoms with Crippen LogP contribution in [0.4, 0.5) is 0 Å². The number of rotatable bonds is 3. The lowest BCUT2D eigenvalue weighted by molar-refractivity contribution is -0.156. The van der Waals surface area contributed by atoms with Crippen molar-refractivity contribution in [2.75, 3.05) is 18.1 Å². The van der Waals surface area contributed by atoms with E-state index in [0.717, 1.165) is 24.2 Å². The van der Waals surface area contributed by atoms with E-state index < -0.39 is 11.4 Å². The summed E-state index contributed by atoms with van der Waals surface area (Å²) in [5.41, 5.74) is -0.911. The summed E-state index contributed by atoms with van der Waals surface area (Å²) in [6, 6.07) is 0. The molecule has 6 heteroatoms. The van der Waals surface area contributed by atoms with Crippen LogP contribution >= 0.6 is 11.8 Å². The molecule has 1 N–H and O–H groups in total. The number of amides is 2. The highest BCUT2D eigenvalue weighted by Crippen LogP contribution is 2.38. The van der Waals surface area contributed by atoms with Gasteiger partial charge < -0.3 is 5.11 Å². The first-order valence-corrected chi connectivity index (χ1v) is 7.35. The first-order chi connectivity index (χ1) is 8.55. The van der Waals surface area contributed by atoms with Crippen LogP contribution in [0.15, 0.2) is 0 Å². The molecule has 2 amide bonds. The number of carboxylic acid groups (broad SMARTS) is 1. The van der Waals surface area contributed by atoms with Crippen LogP contribution in [-0.2, 0) is 14.4 Å². The minimum Gasteiger partial charge on any atom is -0.481 e. The third kappa shape index (κ3) is 2.53. The van der Waals surface area contributed by atoms with Gasteiger partial charge in [0, 0.05) is 6.54 Å². The normalized spacial score (nSPS) is 24.1. The average molecular weight is 271 g/mol. The minimum absolute atomic E-state index is 0.0561. The van der Waals surface area contributed by atoms with E-state index in [1.807, 2.05) is 0 Å². The van der Waals surface area contributed by atoms with Crippen LogP contribution in [0.3, 0.4) is 0 Å². The number of carboxylic acids is 1. The van der Waals surface area contributed by atoms with Gasteiger partial charge in [-0.15, -0.1) is 11.8 Å². The summed E-state index contributed by atoms with van der Waals surface area (Å²) in [7, 11) is 0. The molecule has 5 nitrogen and oxygen atoms in total. The molecule has 0 unspecified atom stereocenters. The molecule has 1 saturated carbocycles. The van der Waals surface area contributed by atoms with Gasteiger partial charge in [0.2, 0.25) is 11.8 Å². The Kier molecular flexibility index (Phi) is 3.94. The standard InChI is InChI=1S/C12H17NO4S/c14-9-6-18-7-10(15)13(9)8-12(11(16)17)4-2-1-3-5-12/h1-8H2,(H,16,17). The molecule has 0 bridgehead atoms. The van der Waals surface area contributed by atoms with Crippen LogP contribution in [0, 0.1) is 5.41 Å². The lowest BCUT2D eigenvalue weighted by Gasteiger charge is -2.37. The van der Waals surface area contributed by atoms with Gasteiger partial charge in [0.25, 0.3) is 0 Å². The number of aliphatic carboxylic acids is 1. The molecule has 1 aliphatic carbocycles. The van der Waals surface area contributed by atoms with Gasteiger partial charge in [-0.25, -0.2) is 0 Å². The van der Waals surface area contributed by atoms with Crippen molar-refractivity contribution < 1.29 is 19.5 Å². The maximum absolute atomic E-state index is 11.7. The van der Waals surface area contributed by atoms with Crippen molar-refractivity contribution in [3.8, 4) is 0 Å². The predicted molar refractivity (Wildman–Crippen MR) is 67.2 cm³/mol. The SMILES string of the molecule is O=C1CSCC(=O)N1CC1(C(=O)O)CCCCC1. The highest BCUT2D eigenvalue weighted by atomic mass is 32.2. The van der Waals surface area contributed by atoms with Crippen molar-refractivity contribution in [2.24, 2.45) is 5.41 Å².